The first-order chi connectivity index (χ1) is 10.1. The van der Waals surface area contributed by atoms with E-state index < -0.39 is 0 Å². The molecule has 1 atom stereocenters. The molecule has 1 heterocycles. The Labute approximate surface area is 125 Å². The smallest absolute Gasteiger partial charge is 0.292 e. The third kappa shape index (κ3) is 4.41. The molecule has 1 aliphatic rings. The highest BCUT2D eigenvalue weighted by atomic mass is 16.6. The minimum Gasteiger partial charge on any atom is -0.380 e. The maximum atomic E-state index is 11.0. The van der Waals surface area contributed by atoms with E-state index in [1.807, 2.05) is 19.1 Å². The van der Waals surface area contributed by atoms with Crippen molar-refractivity contribution in [2.45, 2.75) is 32.9 Å². The first kappa shape index (κ1) is 15.7. The molecule has 6 heteroatoms. The molecule has 116 valence electrons. The lowest BCUT2D eigenvalue weighted by molar-refractivity contribution is -0.384. The highest BCUT2D eigenvalue weighted by Gasteiger charge is 2.17. The number of nitro groups is 1. The van der Waals surface area contributed by atoms with Gasteiger partial charge in [0.05, 0.1) is 11.0 Å². The zero-order valence-electron chi connectivity index (χ0n) is 12.7. The summed E-state index contributed by atoms with van der Waals surface area (Å²) in [6.07, 6.45) is 1.26. The van der Waals surface area contributed by atoms with E-state index in [1.165, 1.54) is 0 Å². The van der Waals surface area contributed by atoms with Crippen LogP contribution in [-0.4, -0.2) is 42.2 Å². The van der Waals surface area contributed by atoms with Gasteiger partial charge in [0, 0.05) is 38.9 Å². The van der Waals surface area contributed by atoms with Crippen LogP contribution in [0, 0.1) is 10.1 Å². The molecule has 1 aromatic carbocycles. The Kier molecular flexibility index (Phi) is 5.52. The molecule has 1 aromatic rings. The third-order valence-corrected chi connectivity index (χ3v) is 3.57. The molecule has 1 unspecified atom stereocenters. The largest absolute Gasteiger partial charge is 0.380 e. The molecule has 0 aromatic heterocycles. The number of nitrogens with zero attached hydrogens (tertiary/aromatic N) is 2. The molecule has 1 aliphatic heterocycles. The van der Waals surface area contributed by atoms with Crippen LogP contribution < -0.4 is 5.32 Å². The molecule has 0 saturated carbocycles. The molecule has 0 amide bonds. The Morgan fingerprint density at radius 3 is 3.05 bits per heavy atom. The summed E-state index contributed by atoms with van der Waals surface area (Å²) in [5.74, 6) is 0. The molecule has 1 saturated heterocycles. The lowest BCUT2D eigenvalue weighted by Gasteiger charge is -2.22. The van der Waals surface area contributed by atoms with E-state index in [4.69, 9.17) is 4.74 Å². The minimum atomic E-state index is -0.344. The van der Waals surface area contributed by atoms with Crippen molar-refractivity contribution in [3.8, 4) is 0 Å². The highest BCUT2D eigenvalue weighted by molar-refractivity contribution is 5.62. The van der Waals surface area contributed by atoms with Crippen molar-refractivity contribution in [1.82, 2.24) is 4.90 Å². The molecule has 0 bridgehead atoms. The first-order valence-electron chi connectivity index (χ1n) is 7.45. The monoisotopic (exact) mass is 293 g/mol. The van der Waals surface area contributed by atoms with E-state index in [9.17, 15) is 10.1 Å². The van der Waals surface area contributed by atoms with Gasteiger partial charge in [0.2, 0.25) is 0 Å². The molecule has 0 spiro atoms. The number of benzene rings is 1. The Balaban J connectivity index is 2.12. The summed E-state index contributed by atoms with van der Waals surface area (Å²) >= 11 is 0. The van der Waals surface area contributed by atoms with Gasteiger partial charge in [-0.15, -0.1) is 0 Å². The lowest BCUT2D eigenvalue weighted by Crippen LogP contribution is -2.29. The topological polar surface area (TPSA) is 67.6 Å². The third-order valence-electron chi connectivity index (χ3n) is 3.57. The number of hydrogen-bond acceptors (Lipinski definition) is 5. The van der Waals surface area contributed by atoms with Gasteiger partial charge < -0.3 is 10.1 Å². The Hall–Kier alpha value is -1.66. The summed E-state index contributed by atoms with van der Waals surface area (Å²) in [6.45, 7) is 8.18. The standard InChI is InChI=1S/C15H23N3O3/c1-3-16-14-9-13(5-6-15(14)18(19)20)11-17-7-4-8-21-12(2)10-17/h5-6,9,12,16H,3-4,7-8,10-11H2,1-2H3. The predicted octanol–water partition coefficient (Wildman–Crippen LogP) is 2.64. The van der Waals surface area contributed by atoms with Crippen molar-refractivity contribution in [3.63, 3.8) is 0 Å². The molecule has 0 aliphatic carbocycles. The average molecular weight is 293 g/mol. The number of nitro benzene ring substituents is 1. The minimum absolute atomic E-state index is 0.133. The quantitative estimate of drug-likeness (QED) is 0.667. The van der Waals surface area contributed by atoms with E-state index in [0.717, 1.165) is 38.2 Å². The number of anilines is 1. The van der Waals surface area contributed by atoms with Gasteiger partial charge in [0.15, 0.2) is 0 Å². The second kappa shape index (κ2) is 7.38. The summed E-state index contributed by atoms with van der Waals surface area (Å²) < 4.78 is 5.64. The fourth-order valence-electron chi connectivity index (χ4n) is 2.65. The average Bonchev–Trinajstić information content (AvgIpc) is 2.63. The molecule has 1 N–H and O–H groups in total. The maximum Gasteiger partial charge on any atom is 0.292 e. The second-order valence-electron chi connectivity index (χ2n) is 5.41. The van der Waals surface area contributed by atoms with Gasteiger partial charge in [0.1, 0.15) is 5.69 Å². The van der Waals surface area contributed by atoms with Crippen LogP contribution in [0.25, 0.3) is 0 Å². The van der Waals surface area contributed by atoms with E-state index in [0.29, 0.717) is 12.2 Å². The number of nitrogens with one attached hydrogen (secondary N) is 1. The molecule has 6 nitrogen and oxygen atoms in total. The summed E-state index contributed by atoms with van der Waals surface area (Å²) in [4.78, 5) is 13.0. The lowest BCUT2D eigenvalue weighted by atomic mass is 10.1. The zero-order valence-corrected chi connectivity index (χ0v) is 12.7. The van der Waals surface area contributed by atoms with Crippen LogP contribution in [0.4, 0.5) is 11.4 Å². The van der Waals surface area contributed by atoms with Crippen LogP contribution >= 0.6 is 0 Å². The Morgan fingerprint density at radius 2 is 2.33 bits per heavy atom. The highest BCUT2D eigenvalue weighted by Crippen LogP contribution is 2.26. The Bertz CT molecular complexity index is 493. The predicted molar refractivity (Wildman–Crippen MR) is 82.6 cm³/mol. The van der Waals surface area contributed by atoms with E-state index in [2.05, 4.69) is 17.1 Å². The molecule has 21 heavy (non-hydrogen) atoms. The summed E-state index contributed by atoms with van der Waals surface area (Å²) in [5.41, 5.74) is 1.82. The van der Waals surface area contributed by atoms with Crippen LogP contribution in [0.5, 0.6) is 0 Å². The van der Waals surface area contributed by atoms with Crippen LogP contribution in [0.2, 0.25) is 0 Å². The molecular weight excluding hydrogens is 270 g/mol. The number of rotatable bonds is 5. The summed E-state index contributed by atoms with van der Waals surface area (Å²) in [6, 6.07) is 5.32. The van der Waals surface area contributed by atoms with E-state index >= 15 is 0 Å². The van der Waals surface area contributed by atoms with Gasteiger partial charge in [-0.3, -0.25) is 15.0 Å². The zero-order chi connectivity index (χ0) is 15.2. The fraction of sp³-hybridized carbons (Fsp3) is 0.600. The van der Waals surface area contributed by atoms with E-state index in [-0.39, 0.29) is 16.7 Å². The van der Waals surface area contributed by atoms with Crippen molar-refractivity contribution >= 4 is 11.4 Å². The summed E-state index contributed by atoms with van der Waals surface area (Å²) in [5, 5.41) is 14.1. The van der Waals surface area contributed by atoms with Gasteiger partial charge >= 0.3 is 0 Å². The number of hydrogen-bond donors (Lipinski definition) is 1. The molecular formula is C15H23N3O3. The Morgan fingerprint density at radius 1 is 1.52 bits per heavy atom. The first-order valence-corrected chi connectivity index (χ1v) is 7.45. The normalized spacial score (nSPS) is 20.0. The van der Waals surface area contributed by atoms with Crippen LogP contribution in [0.1, 0.15) is 25.8 Å². The van der Waals surface area contributed by atoms with Crippen molar-refractivity contribution in [1.29, 1.82) is 0 Å². The van der Waals surface area contributed by atoms with E-state index in [1.54, 1.807) is 6.07 Å². The van der Waals surface area contributed by atoms with Crippen molar-refractivity contribution in [2.75, 3.05) is 31.6 Å². The van der Waals surface area contributed by atoms with Crippen LogP contribution in [-0.2, 0) is 11.3 Å². The van der Waals surface area contributed by atoms with Crippen molar-refractivity contribution in [3.05, 3.63) is 33.9 Å². The second-order valence-corrected chi connectivity index (χ2v) is 5.41. The van der Waals surface area contributed by atoms with Gasteiger partial charge in [-0.25, -0.2) is 0 Å². The maximum absolute atomic E-state index is 11.0. The molecule has 1 fully saturated rings. The van der Waals surface area contributed by atoms with Gasteiger partial charge in [-0.05, 0) is 31.9 Å². The van der Waals surface area contributed by atoms with Gasteiger partial charge in [-0.2, -0.15) is 0 Å². The summed E-state index contributed by atoms with van der Waals surface area (Å²) in [7, 11) is 0. The number of ether oxygens (including phenoxy) is 1. The molecule has 0 radical (unpaired) electrons. The van der Waals surface area contributed by atoms with Gasteiger partial charge in [-0.1, -0.05) is 6.07 Å². The van der Waals surface area contributed by atoms with Crippen LogP contribution in [0.15, 0.2) is 18.2 Å². The molecule has 2 rings (SSSR count). The van der Waals surface area contributed by atoms with Crippen molar-refractivity contribution < 1.29 is 9.66 Å². The van der Waals surface area contributed by atoms with Crippen molar-refractivity contribution in [2.24, 2.45) is 0 Å². The fourth-order valence-corrected chi connectivity index (χ4v) is 2.65. The van der Waals surface area contributed by atoms with Gasteiger partial charge in [0.25, 0.3) is 5.69 Å². The SMILES string of the molecule is CCNc1cc(CN2CCCOC(C)C2)ccc1[N+](=O)[O-]. The van der Waals surface area contributed by atoms with Crippen LogP contribution in [0.3, 0.4) is 0 Å².